The van der Waals surface area contributed by atoms with E-state index in [1.807, 2.05) is 13.8 Å². The molecule has 0 aromatic heterocycles. The highest BCUT2D eigenvalue weighted by molar-refractivity contribution is 5.94. The molecule has 0 saturated heterocycles. The molecule has 0 aromatic rings. The van der Waals surface area contributed by atoms with Gasteiger partial charge in [-0.2, -0.15) is 0 Å². The van der Waals surface area contributed by atoms with Gasteiger partial charge < -0.3 is 37.0 Å². The lowest BCUT2D eigenvalue weighted by Crippen LogP contribution is -2.60. The van der Waals surface area contributed by atoms with Crippen LogP contribution in [-0.2, 0) is 19.2 Å². The molecule has 0 saturated carbocycles. The van der Waals surface area contributed by atoms with E-state index < -0.39 is 60.6 Å². The van der Waals surface area contributed by atoms with Crippen molar-refractivity contribution >= 4 is 23.7 Å². The molecule has 6 unspecified atom stereocenters. The highest BCUT2D eigenvalue weighted by Gasteiger charge is 2.33. The second kappa shape index (κ2) is 13.1. The first-order valence-electron chi connectivity index (χ1n) is 10.0. The summed E-state index contributed by atoms with van der Waals surface area (Å²) in [6.07, 6.45) is -0.574. The van der Waals surface area contributed by atoms with Gasteiger partial charge in [0.25, 0.3) is 0 Å². The molecule has 0 aliphatic rings. The van der Waals surface area contributed by atoms with Crippen LogP contribution in [0.1, 0.15) is 47.5 Å². The Morgan fingerprint density at radius 2 is 1.43 bits per heavy atom. The summed E-state index contributed by atoms with van der Waals surface area (Å²) in [5, 5.41) is 35.4. The van der Waals surface area contributed by atoms with Gasteiger partial charge in [0, 0.05) is 0 Å². The third-order valence-electron chi connectivity index (χ3n) is 4.71. The SMILES string of the molecule is CCC(C)C(NC(=O)C(CC(C)C)NC(=O)C(NC(=O)C(N)CO)C(C)O)C(=O)O. The zero-order valence-electron chi connectivity index (χ0n) is 18.2. The number of nitrogens with one attached hydrogen (secondary N) is 3. The maximum atomic E-state index is 12.7. The van der Waals surface area contributed by atoms with Crippen molar-refractivity contribution in [1.82, 2.24) is 16.0 Å². The molecular weight excluding hydrogens is 396 g/mol. The summed E-state index contributed by atoms with van der Waals surface area (Å²) in [7, 11) is 0. The normalized spacial score (nSPS) is 17.2. The molecule has 0 aliphatic carbocycles. The fraction of sp³-hybridized carbons (Fsp3) is 0.789. The number of amides is 3. The van der Waals surface area contributed by atoms with E-state index >= 15 is 0 Å². The Kier molecular flexibility index (Phi) is 12.2. The van der Waals surface area contributed by atoms with E-state index in [0.29, 0.717) is 6.42 Å². The third kappa shape index (κ3) is 9.06. The predicted molar refractivity (Wildman–Crippen MR) is 109 cm³/mol. The molecule has 0 bridgehead atoms. The highest BCUT2D eigenvalue weighted by Crippen LogP contribution is 2.11. The van der Waals surface area contributed by atoms with Crippen molar-refractivity contribution < 1.29 is 34.5 Å². The van der Waals surface area contributed by atoms with Gasteiger partial charge in [-0.3, -0.25) is 14.4 Å². The Hall–Kier alpha value is -2.24. The van der Waals surface area contributed by atoms with Crippen molar-refractivity contribution in [2.75, 3.05) is 6.61 Å². The van der Waals surface area contributed by atoms with Crippen molar-refractivity contribution in [3.63, 3.8) is 0 Å². The summed E-state index contributed by atoms with van der Waals surface area (Å²) >= 11 is 0. The quantitative estimate of drug-likeness (QED) is 0.179. The monoisotopic (exact) mass is 432 g/mol. The zero-order chi connectivity index (χ0) is 23.6. The summed E-state index contributed by atoms with van der Waals surface area (Å²) in [6.45, 7) is 7.76. The summed E-state index contributed by atoms with van der Waals surface area (Å²) in [6, 6.07) is -4.89. The molecule has 0 rings (SSSR count). The van der Waals surface area contributed by atoms with Crippen LogP contribution in [0.25, 0.3) is 0 Å². The lowest BCUT2D eigenvalue weighted by molar-refractivity contribution is -0.144. The van der Waals surface area contributed by atoms with Gasteiger partial charge >= 0.3 is 5.97 Å². The molecule has 11 heteroatoms. The van der Waals surface area contributed by atoms with Crippen molar-refractivity contribution in [3.05, 3.63) is 0 Å². The summed E-state index contributed by atoms with van der Waals surface area (Å²) in [5.41, 5.74) is 5.41. The topological polar surface area (TPSA) is 191 Å². The minimum atomic E-state index is -1.41. The highest BCUT2D eigenvalue weighted by atomic mass is 16.4. The minimum absolute atomic E-state index is 0.0182. The Morgan fingerprint density at radius 1 is 0.900 bits per heavy atom. The first-order valence-corrected chi connectivity index (χ1v) is 10.0. The number of aliphatic hydroxyl groups is 2. The van der Waals surface area contributed by atoms with Gasteiger partial charge in [-0.25, -0.2) is 4.79 Å². The van der Waals surface area contributed by atoms with Crippen LogP contribution < -0.4 is 21.7 Å². The molecule has 0 aliphatic heterocycles. The smallest absolute Gasteiger partial charge is 0.326 e. The van der Waals surface area contributed by atoms with Gasteiger partial charge in [0.15, 0.2) is 0 Å². The number of carbonyl (C=O) groups excluding carboxylic acids is 3. The average molecular weight is 433 g/mol. The first-order chi connectivity index (χ1) is 13.8. The number of nitrogens with two attached hydrogens (primary N) is 1. The van der Waals surface area contributed by atoms with E-state index in [1.165, 1.54) is 6.92 Å². The average Bonchev–Trinajstić information content (AvgIpc) is 2.66. The molecule has 3 amide bonds. The number of carbonyl (C=O) groups is 4. The van der Waals surface area contributed by atoms with E-state index in [-0.39, 0.29) is 18.3 Å². The van der Waals surface area contributed by atoms with Gasteiger partial charge in [0.2, 0.25) is 17.7 Å². The molecule has 8 N–H and O–H groups in total. The fourth-order valence-electron chi connectivity index (χ4n) is 2.65. The van der Waals surface area contributed by atoms with Gasteiger partial charge in [-0.15, -0.1) is 0 Å². The van der Waals surface area contributed by atoms with E-state index in [9.17, 15) is 29.4 Å². The van der Waals surface area contributed by atoms with Crippen LogP contribution in [0.15, 0.2) is 0 Å². The minimum Gasteiger partial charge on any atom is -0.480 e. The first kappa shape index (κ1) is 27.8. The lowest BCUT2D eigenvalue weighted by atomic mass is 9.97. The van der Waals surface area contributed by atoms with E-state index in [1.54, 1.807) is 13.8 Å². The second-order valence-electron chi connectivity index (χ2n) is 7.92. The van der Waals surface area contributed by atoms with Crippen LogP contribution in [0.5, 0.6) is 0 Å². The predicted octanol–water partition coefficient (Wildman–Crippen LogP) is -1.68. The molecule has 0 radical (unpaired) electrons. The molecule has 0 spiro atoms. The molecular formula is C19H36N4O7. The Labute approximate surface area is 176 Å². The number of hydrogen-bond acceptors (Lipinski definition) is 7. The second-order valence-corrected chi connectivity index (χ2v) is 7.92. The summed E-state index contributed by atoms with van der Waals surface area (Å²) in [5.74, 6) is -3.88. The van der Waals surface area contributed by atoms with Gasteiger partial charge in [-0.1, -0.05) is 34.1 Å². The maximum absolute atomic E-state index is 12.7. The van der Waals surface area contributed by atoms with Gasteiger partial charge in [-0.05, 0) is 25.2 Å². The Morgan fingerprint density at radius 3 is 1.83 bits per heavy atom. The van der Waals surface area contributed by atoms with Crippen molar-refractivity contribution in [2.45, 2.75) is 77.7 Å². The number of carboxylic acid groups (broad SMARTS) is 1. The molecule has 0 heterocycles. The van der Waals surface area contributed by atoms with Gasteiger partial charge in [0.1, 0.15) is 24.2 Å². The number of rotatable bonds is 13. The Balaban J connectivity index is 5.46. The van der Waals surface area contributed by atoms with Crippen molar-refractivity contribution in [2.24, 2.45) is 17.6 Å². The maximum Gasteiger partial charge on any atom is 0.326 e. The Bertz CT molecular complexity index is 597. The van der Waals surface area contributed by atoms with Crippen LogP contribution in [0.3, 0.4) is 0 Å². The fourth-order valence-corrected chi connectivity index (χ4v) is 2.65. The summed E-state index contributed by atoms with van der Waals surface area (Å²) in [4.78, 5) is 48.8. The molecule has 11 nitrogen and oxygen atoms in total. The van der Waals surface area contributed by atoms with E-state index in [4.69, 9.17) is 10.8 Å². The van der Waals surface area contributed by atoms with Crippen LogP contribution in [-0.4, -0.2) is 75.9 Å². The number of aliphatic hydroxyl groups excluding tert-OH is 2. The van der Waals surface area contributed by atoms with Crippen LogP contribution in [0.4, 0.5) is 0 Å². The molecule has 0 fully saturated rings. The standard InChI is InChI=1S/C19H36N4O7/c1-6-10(4)14(19(29)30)22-17(27)13(7-9(2)3)21-18(28)15(11(5)25)23-16(26)12(20)8-24/h9-15,24-25H,6-8,20H2,1-5H3,(H,21,28)(H,22,27)(H,23,26)(H,29,30). The van der Waals surface area contributed by atoms with Crippen molar-refractivity contribution in [1.29, 1.82) is 0 Å². The molecule has 0 aromatic carbocycles. The number of hydrogen-bond donors (Lipinski definition) is 7. The molecule has 30 heavy (non-hydrogen) atoms. The zero-order valence-corrected chi connectivity index (χ0v) is 18.2. The number of aliphatic carboxylic acids is 1. The van der Waals surface area contributed by atoms with E-state index in [0.717, 1.165) is 0 Å². The lowest BCUT2D eigenvalue weighted by Gasteiger charge is -2.28. The largest absolute Gasteiger partial charge is 0.480 e. The third-order valence-corrected chi connectivity index (χ3v) is 4.71. The van der Waals surface area contributed by atoms with Gasteiger partial charge in [0.05, 0.1) is 12.7 Å². The summed E-state index contributed by atoms with van der Waals surface area (Å²) < 4.78 is 0. The molecule has 6 atom stereocenters. The van der Waals surface area contributed by atoms with Crippen molar-refractivity contribution in [3.8, 4) is 0 Å². The van der Waals surface area contributed by atoms with Crippen LogP contribution in [0.2, 0.25) is 0 Å². The van der Waals surface area contributed by atoms with E-state index in [2.05, 4.69) is 16.0 Å². The molecule has 174 valence electrons. The number of carboxylic acids is 1. The van der Waals surface area contributed by atoms with Crippen LogP contribution in [0, 0.1) is 11.8 Å². The van der Waals surface area contributed by atoms with Crippen LogP contribution >= 0.6 is 0 Å².